The van der Waals surface area contributed by atoms with Crippen LogP contribution < -0.4 is 0 Å². The van der Waals surface area contributed by atoms with Crippen molar-refractivity contribution in [3.05, 3.63) is 0 Å². The van der Waals surface area contributed by atoms with Gasteiger partial charge in [0.25, 0.3) is 0 Å². The second-order valence-corrected chi connectivity index (χ2v) is 32.3. The largest absolute Gasteiger partial charge is 0.472 e. The number of phosphoric acid groups is 2. The molecule has 594 valence electrons. The van der Waals surface area contributed by atoms with Crippen molar-refractivity contribution in [2.24, 2.45) is 5.92 Å². The van der Waals surface area contributed by atoms with E-state index >= 15 is 0 Å². The molecule has 0 fully saturated rings. The molecule has 0 aliphatic rings. The molecular weight excluding hydrogens is 1310 g/mol. The molecule has 3 unspecified atom stereocenters. The van der Waals surface area contributed by atoms with E-state index in [4.69, 9.17) is 37.0 Å². The lowest BCUT2D eigenvalue weighted by Crippen LogP contribution is -2.30. The van der Waals surface area contributed by atoms with Gasteiger partial charge in [-0.15, -0.1) is 0 Å². The van der Waals surface area contributed by atoms with E-state index < -0.39 is 97.5 Å². The number of phosphoric ester groups is 2. The summed E-state index contributed by atoms with van der Waals surface area (Å²) < 4.78 is 68.7. The van der Waals surface area contributed by atoms with E-state index in [-0.39, 0.29) is 25.7 Å². The minimum Gasteiger partial charge on any atom is -0.462 e. The Hall–Kier alpha value is -1.94. The third-order valence-corrected chi connectivity index (χ3v) is 21.3. The number of unbranched alkanes of at least 4 members (excludes halogenated alkanes) is 52. The second kappa shape index (κ2) is 73.9. The zero-order valence-electron chi connectivity index (χ0n) is 65.3. The lowest BCUT2D eigenvalue weighted by Gasteiger charge is -2.21. The molecule has 100 heavy (non-hydrogen) atoms. The molecule has 0 bridgehead atoms. The van der Waals surface area contributed by atoms with Gasteiger partial charge in [-0.3, -0.25) is 37.3 Å². The number of hydrogen-bond donors (Lipinski definition) is 3. The van der Waals surface area contributed by atoms with Crippen molar-refractivity contribution in [1.82, 2.24) is 0 Å². The molecule has 3 N–H and O–H groups in total. The summed E-state index contributed by atoms with van der Waals surface area (Å²) in [6.07, 6.45) is 65.4. The van der Waals surface area contributed by atoms with Crippen LogP contribution in [0.2, 0.25) is 0 Å². The normalized spacial score (nSPS) is 14.1. The fourth-order valence-electron chi connectivity index (χ4n) is 12.6. The molecule has 0 rings (SSSR count). The van der Waals surface area contributed by atoms with Crippen LogP contribution in [0.1, 0.15) is 433 Å². The van der Waals surface area contributed by atoms with Crippen molar-refractivity contribution in [1.29, 1.82) is 0 Å². The van der Waals surface area contributed by atoms with Crippen LogP contribution in [-0.4, -0.2) is 96.7 Å². The van der Waals surface area contributed by atoms with E-state index in [1.807, 2.05) is 0 Å². The van der Waals surface area contributed by atoms with Gasteiger partial charge in [0.1, 0.15) is 19.3 Å². The number of aliphatic hydroxyl groups is 1. The predicted octanol–water partition coefficient (Wildman–Crippen LogP) is 24.4. The van der Waals surface area contributed by atoms with Gasteiger partial charge in [0, 0.05) is 25.7 Å². The Labute approximate surface area is 613 Å². The zero-order chi connectivity index (χ0) is 73.4. The summed E-state index contributed by atoms with van der Waals surface area (Å²) in [5, 5.41) is 10.6. The summed E-state index contributed by atoms with van der Waals surface area (Å²) in [4.78, 5) is 73.0. The topological polar surface area (TPSA) is 237 Å². The first-order chi connectivity index (χ1) is 48.6. The monoisotopic (exact) mass is 1470 g/mol. The Kier molecular flexibility index (Phi) is 72.5. The summed E-state index contributed by atoms with van der Waals surface area (Å²) >= 11 is 0. The van der Waals surface area contributed by atoms with E-state index in [9.17, 15) is 43.2 Å². The van der Waals surface area contributed by atoms with Crippen LogP contribution in [0, 0.1) is 5.92 Å². The molecule has 19 heteroatoms. The van der Waals surface area contributed by atoms with Crippen LogP contribution in [0.15, 0.2) is 0 Å². The highest BCUT2D eigenvalue weighted by atomic mass is 31.2. The fourth-order valence-corrected chi connectivity index (χ4v) is 14.1. The SMILES string of the molecule is CCCCCCCCCCCCCCCCCCCCCCCC(=O)O[C@H](COC(=O)CCCCCCCCCCCCCCCCCCCC)COP(=O)(O)OC[C@@H](O)COP(=O)(O)OC[C@@H](COC(=O)CCCCCCCCC(C)CC)OC(=O)CCCCCCCCCCCCC. The van der Waals surface area contributed by atoms with Gasteiger partial charge in [-0.1, -0.05) is 381 Å². The molecule has 0 spiro atoms. The molecule has 0 amide bonds. The van der Waals surface area contributed by atoms with Gasteiger partial charge in [-0.2, -0.15) is 0 Å². The Balaban J connectivity index is 5.20. The lowest BCUT2D eigenvalue weighted by molar-refractivity contribution is -0.161. The number of carbonyl (C=O) groups excluding carboxylic acids is 4. The first-order valence-electron chi connectivity index (χ1n) is 42.2. The van der Waals surface area contributed by atoms with Crippen molar-refractivity contribution in [3.8, 4) is 0 Å². The number of hydrogen-bond acceptors (Lipinski definition) is 15. The molecule has 17 nitrogen and oxygen atoms in total. The highest BCUT2D eigenvalue weighted by molar-refractivity contribution is 7.47. The van der Waals surface area contributed by atoms with Crippen LogP contribution in [0.5, 0.6) is 0 Å². The minimum absolute atomic E-state index is 0.107. The zero-order valence-corrected chi connectivity index (χ0v) is 67.1. The Bertz CT molecular complexity index is 1910. The molecule has 0 aliphatic heterocycles. The van der Waals surface area contributed by atoms with Crippen molar-refractivity contribution in [2.75, 3.05) is 39.6 Å². The van der Waals surface area contributed by atoms with Crippen LogP contribution in [0.25, 0.3) is 0 Å². The highest BCUT2D eigenvalue weighted by Crippen LogP contribution is 2.45. The average molecular weight is 1470 g/mol. The molecule has 0 heterocycles. The quantitative estimate of drug-likeness (QED) is 0.0222. The second-order valence-electron chi connectivity index (χ2n) is 29.4. The standard InChI is InChI=1S/C81H158O17P2/c1-6-10-13-16-19-22-25-27-29-31-33-34-35-37-39-41-44-47-50-57-62-67-81(86)97-76(70-91-78(83)64-59-54-48-45-43-40-38-36-32-30-28-26-23-20-17-14-11-7-2)72-95-99(87,88)93-68-75(82)69-94-100(89,90)96-73-77(71-92-79(84)65-60-55-52-51-53-58-63-74(5)9-4)98-80(85)66-61-56-49-46-42-24-21-18-15-12-8-3/h74-77,82H,6-73H2,1-5H3,(H,87,88)(H,89,90)/t74?,75-,76-,77-/m1/s1. The van der Waals surface area contributed by atoms with Crippen LogP contribution in [0.4, 0.5) is 0 Å². The van der Waals surface area contributed by atoms with E-state index in [0.29, 0.717) is 25.7 Å². The maximum absolute atomic E-state index is 13.1. The Morgan fingerprint density at radius 3 is 0.710 bits per heavy atom. The number of aliphatic hydroxyl groups excluding tert-OH is 1. The molecule has 0 aliphatic carbocycles. The fraction of sp³-hybridized carbons (Fsp3) is 0.951. The van der Waals surface area contributed by atoms with Gasteiger partial charge in [-0.25, -0.2) is 9.13 Å². The van der Waals surface area contributed by atoms with Crippen LogP contribution in [0.3, 0.4) is 0 Å². The molecule has 0 saturated carbocycles. The predicted molar refractivity (Wildman–Crippen MR) is 409 cm³/mol. The Morgan fingerprint density at radius 2 is 0.480 bits per heavy atom. The first kappa shape index (κ1) is 98.1. The molecular formula is C81H158O17P2. The summed E-state index contributed by atoms with van der Waals surface area (Å²) in [5.41, 5.74) is 0. The lowest BCUT2D eigenvalue weighted by atomic mass is 10.00. The number of rotatable bonds is 81. The Morgan fingerprint density at radius 1 is 0.280 bits per heavy atom. The number of ether oxygens (including phenoxy) is 4. The van der Waals surface area contributed by atoms with Gasteiger partial charge in [-0.05, 0) is 31.6 Å². The van der Waals surface area contributed by atoms with Gasteiger partial charge in [0.05, 0.1) is 26.4 Å². The van der Waals surface area contributed by atoms with Gasteiger partial charge < -0.3 is 33.8 Å². The van der Waals surface area contributed by atoms with E-state index in [1.54, 1.807) is 0 Å². The summed E-state index contributed by atoms with van der Waals surface area (Å²) in [5.74, 6) is -1.38. The average Bonchev–Trinajstić information content (AvgIpc) is 1.01. The maximum atomic E-state index is 13.1. The minimum atomic E-state index is -4.96. The third-order valence-electron chi connectivity index (χ3n) is 19.4. The smallest absolute Gasteiger partial charge is 0.462 e. The highest BCUT2D eigenvalue weighted by Gasteiger charge is 2.30. The van der Waals surface area contributed by atoms with E-state index in [0.717, 1.165) is 102 Å². The summed E-state index contributed by atoms with van der Waals surface area (Å²) in [6, 6.07) is 0. The van der Waals surface area contributed by atoms with Crippen molar-refractivity contribution in [3.63, 3.8) is 0 Å². The third kappa shape index (κ3) is 73.0. The molecule has 6 atom stereocenters. The molecule has 0 aromatic heterocycles. The van der Waals surface area contributed by atoms with Gasteiger partial charge >= 0.3 is 39.5 Å². The van der Waals surface area contributed by atoms with Crippen molar-refractivity contribution < 1.29 is 80.2 Å². The first-order valence-corrected chi connectivity index (χ1v) is 45.2. The van der Waals surface area contributed by atoms with Crippen molar-refractivity contribution >= 4 is 39.5 Å². The summed E-state index contributed by atoms with van der Waals surface area (Å²) in [7, 11) is -9.92. The summed E-state index contributed by atoms with van der Waals surface area (Å²) in [6.45, 7) is 7.28. The van der Waals surface area contributed by atoms with E-state index in [2.05, 4.69) is 34.6 Å². The maximum Gasteiger partial charge on any atom is 0.472 e. The van der Waals surface area contributed by atoms with E-state index in [1.165, 1.54) is 250 Å². The van der Waals surface area contributed by atoms with Crippen LogP contribution in [-0.2, 0) is 65.4 Å². The van der Waals surface area contributed by atoms with Crippen LogP contribution >= 0.6 is 15.6 Å². The molecule has 0 radical (unpaired) electrons. The van der Waals surface area contributed by atoms with Gasteiger partial charge in [0.15, 0.2) is 12.2 Å². The molecule has 0 aromatic rings. The number of esters is 4. The van der Waals surface area contributed by atoms with Crippen molar-refractivity contribution in [2.45, 2.75) is 451 Å². The van der Waals surface area contributed by atoms with Gasteiger partial charge in [0.2, 0.25) is 0 Å². The molecule has 0 saturated heterocycles. The molecule has 0 aromatic carbocycles. The number of carbonyl (C=O) groups is 4.